The zero-order chi connectivity index (χ0) is 8.16. The van der Waals surface area contributed by atoms with Gasteiger partial charge in [-0.25, -0.2) is 0 Å². The summed E-state index contributed by atoms with van der Waals surface area (Å²) in [5, 5.41) is 8.61. The fourth-order valence-corrected chi connectivity index (χ4v) is 8.42. The average Bonchev–Trinajstić information content (AvgIpc) is 2.03. The molecule has 1 fully saturated rings. The third kappa shape index (κ3) is 3.15. The Labute approximate surface area is 72.2 Å². The Morgan fingerprint density at radius 2 is 2.00 bits per heavy atom. The van der Waals surface area contributed by atoms with Gasteiger partial charge in [0.15, 0.2) is 0 Å². The van der Waals surface area contributed by atoms with Gasteiger partial charge in [0.05, 0.1) is 0 Å². The van der Waals surface area contributed by atoms with Crippen molar-refractivity contribution >= 4 is 28.6 Å². The van der Waals surface area contributed by atoms with Crippen molar-refractivity contribution in [3.05, 3.63) is 0 Å². The largest absolute Gasteiger partial charge is 0.425 e. The first-order valence-corrected chi connectivity index (χ1v) is 8.57. The van der Waals surface area contributed by atoms with Crippen LogP contribution in [0.3, 0.4) is 0 Å². The van der Waals surface area contributed by atoms with Crippen molar-refractivity contribution in [3.63, 3.8) is 0 Å². The fraction of sp³-hybridized carbons (Fsp3) is 1.00. The molecule has 0 aliphatic carbocycles. The molecule has 1 aliphatic rings. The standard InChI is InChI=1S/C4H14O4Si3/c1-11(4-2-3-5)7-9-6-10-8-11/h5H,2-4,9-10H2,1H3. The molecule has 1 rings (SSSR count). The maximum absolute atomic E-state index is 8.61. The van der Waals surface area contributed by atoms with Crippen LogP contribution in [0.4, 0.5) is 0 Å². The molecule has 4 nitrogen and oxygen atoms in total. The van der Waals surface area contributed by atoms with Gasteiger partial charge in [-0.15, -0.1) is 0 Å². The Bertz CT molecular complexity index is 116. The van der Waals surface area contributed by atoms with Crippen molar-refractivity contribution in [2.45, 2.75) is 19.0 Å². The normalized spacial score (nSPS) is 36.5. The van der Waals surface area contributed by atoms with E-state index in [9.17, 15) is 0 Å². The van der Waals surface area contributed by atoms with E-state index < -0.39 is 28.6 Å². The van der Waals surface area contributed by atoms with Gasteiger partial charge in [-0.3, -0.25) is 0 Å². The van der Waals surface area contributed by atoms with Gasteiger partial charge in [-0.1, -0.05) is 0 Å². The Balaban J connectivity index is 2.25. The summed E-state index contributed by atoms with van der Waals surface area (Å²) in [6.45, 7) is 2.30. The molecular formula is C4H14O4Si3. The average molecular weight is 210 g/mol. The Kier molecular flexibility index (Phi) is 3.92. The van der Waals surface area contributed by atoms with E-state index in [4.69, 9.17) is 17.5 Å². The van der Waals surface area contributed by atoms with E-state index in [-0.39, 0.29) is 6.61 Å². The molecule has 0 spiro atoms. The highest BCUT2D eigenvalue weighted by Crippen LogP contribution is 2.16. The van der Waals surface area contributed by atoms with Crippen molar-refractivity contribution in [1.29, 1.82) is 0 Å². The second-order valence-electron chi connectivity index (χ2n) is 2.69. The molecule has 0 unspecified atom stereocenters. The summed E-state index contributed by atoms with van der Waals surface area (Å²) in [4.78, 5) is 0. The van der Waals surface area contributed by atoms with Crippen molar-refractivity contribution in [2.24, 2.45) is 0 Å². The van der Waals surface area contributed by atoms with E-state index in [0.717, 1.165) is 12.5 Å². The van der Waals surface area contributed by atoms with Crippen molar-refractivity contribution in [2.75, 3.05) is 6.61 Å². The summed E-state index contributed by atoms with van der Waals surface area (Å²) in [6, 6.07) is 0.910. The summed E-state index contributed by atoms with van der Waals surface area (Å²) in [6.07, 6.45) is 0.797. The van der Waals surface area contributed by atoms with Gasteiger partial charge in [-0.05, 0) is 19.0 Å². The molecule has 0 aromatic carbocycles. The van der Waals surface area contributed by atoms with Crippen LogP contribution in [-0.2, 0) is 12.3 Å². The third-order valence-corrected chi connectivity index (χ3v) is 10.1. The smallest absolute Gasteiger partial charge is 0.316 e. The van der Waals surface area contributed by atoms with Gasteiger partial charge in [-0.2, -0.15) is 0 Å². The number of aliphatic hydroxyl groups is 1. The predicted octanol–water partition coefficient (Wildman–Crippen LogP) is -1.50. The molecule has 7 heteroatoms. The van der Waals surface area contributed by atoms with E-state index in [0.29, 0.717) is 0 Å². The van der Waals surface area contributed by atoms with Crippen LogP contribution in [0.25, 0.3) is 0 Å². The lowest BCUT2D eigenvalue weighted by atomic mass is 10.5. The first-order chi connectivity index (χ1) is 5.27. The molecule has 0 aromatic rings. The summed E-state index contributed by atoms with van der Waals surface area (Å²) in [7, 11) is -3.23. The lowest BCUT2D eigenvalue weighted by Gasteiger charge is -2.31. The topological polar surface area (TPSA) is 47.9 Å². The molecule has 11 heavy (non-hydrogen) atoms. The Morgan fingerprint density at radius 1 is 1.36 bits per heavy atom. The minimum absolute atomic E-state index is 0.235. The minimum Gasteiger partial charge on any atom is -0.425 e. The van der Waals surface area contributed by atoms with Crippen LogP contribution >= 0.6 is 0 Å². The van der Waals surface area contributed by atoms with E-state index in [1.807, 2.05) is 0 Å². The van der Waals surface area contributed by atoms with Crippen LogP contribution < -0.4 is 0 Å². The predicted molar refractivity (Wildman–Crippen MR) is 48.5 cm³/mol. The van der Waals surface area contributed by atoms with Gasteiger partial charge in [0.25, 0.3) is 20.0 Å². The van der Waals surface area contributed by atoms with Crippen LogP contribution in [0.15, 0.2) is 0 Å². The molecule has 0 amide bonds. The van der Waals surface area contributed by atoms with Crippen LogP contribution in [0.2, 0.25) is 12.6 Å². The zero-order valence-electron chi connectivity index (χ0n) is 6.71. The number of hydrogen-bond acceptors (Lipinski definition) is 4. The zero-order valence-corrected chi connectivity index (χ0v) is 10.5. The third-order valence-electron chi connectivity index (χ3n) is 1.68. The molecule has 0 atom stereocenters. The summed E-state index contributed by atoms with van der Waals surface area (Å²) < 4.78 is 16.2. The quantitative estimate of drug-likeness (QED) is 0.576. The van der Waals surface area contributed by atoms with Crippen LogP contribution in [0.5, 0.6) is 0 Å². The highest BCUT2D eigenvalue weighted by molar-refractivity contribution is 6.75. The molecular weight excluding hydrogens is 196 g/mol. The highest BCUT2D eigenvalue weighted by atomic mass is 28.5. The lowest BCUT2D eigenvalue weighted by molar-refractivity contribution is 0.272. The fourth-order valence-electron chi connectivity index (χ4n) is 0.953. The van der Waals surface area contributed by atoms with E-state index in [1.165, 1.54) is 0 Å². The first-order valence-electron chi connectivity index (χ1n) is 3.73. The minimum atomic E-state index is -1.82. The Hall–Kier alpha value is 0.491. The van der Waals surface area contributed by atoms with Gasteiger partial charge < -0.3 is 17.5 Å². The van der Waals surface area contributed by atoms with E-state index in [2.05, 4.69) is 6.55 Å². The molecule has 1 heterocycles. The molecule has 0 radical (unpaired) electrons. The molecule has 0 aromatic heterocycles. The maximum Gasteiger partial charge on any atom is 0.316 e. The summed E-state index contributed by atoms with van der Waals surface area (Å²) in [5.74, 6) is 0. The molecule has 1 saturated heterocycles. The van der Waals surface area contributed by atoms with Gasteiger partial charge in [0.2, 0.25) is 0 Å². The molecule has 66 valence electrons. The van der Waals surface area contributed by atoms with Crippen molar-refractivity contribution in [1.82, 2.24) is 0 Å². The molecule has 0 bridgehead atoms. The van der Waals surface area contributed by atoms with Crippen molar-refractivity contribution in [3.8, 4) is 0 Å². The second kappa shape index (κ2) is 4.50. The van der Waals surface area contributed by atoms with Crippen molar-refractivity contribution < 1.29 is 17.5 Å². The van der Waals surface area contributed by atoms with Gasteiger partial charge >= 0.3 is 8.56 Å². The maximum atomic E-state index is 8.61. The number of aliphatic hydroxyl groups excluding tert-OH is 1. The summed E-state index contributed by atoms with van der Waals surface area (Å²) >= 11 is 0. The SMILES string of the molecule is C[Si]1(CCCO)O[SiH2]O[SiH2]O1. The van der Waals surface area contributed by atoms with E-state index >= 15 is 0 Å². The molecule has 1 N–H and O–H groups in total. The number of hydrogen-bond donors (Lipinski definition) is 1. The highest BCUT2D eigenvalue weighted by Gasteiger charge is 2.32. The monoisotopic (exact) mass is 210 g/mol. The first kappa shape index (κ1) is 9.58. The van der Waals surface area contributed by atoms with Crippen LogP contribution in [-0.4, -0.2) is 40.3 Å². The second-order valence-corrected chi connectivity index (χ2v) is 9.87. The Morgan fingerprint density at radius 3 is 2.55 bits per heavy atom. The van der Waals surface area contributed by atoms with Gasteiger partial charge in [0.1, 0.15) is 0 Å². The number of rotatable bonds is 3. The lowest BCUT2D eigenvalue weighted by Crippen LogP contribution is -2.46. The molecule has 0 saturated carbocycles. The van der Waals surface area contributed by atoms with Gasteiger partial charge in [0, 0.05) is 6.61 Å². The van der Waals surface area contributed by atoms with Crippen LogP contribution in [0.1, 0.15) is 6.42 Å². The van der Waals surface area contributed by atoms with Crippen LogP contribution in [0, 0.1) is 0 Å². The molecule has 1 aliphatic heterocycles. The summed E-state index contributed by atoms with van der Waals surface area (Å²) in [5.41, 5.74) is 0. The van der Waals surface area contributed by atoms with E-state index in [1.54, 1.807) is 0 Å².